The number of fused-ring (bicyclic) bond motifs is 1. The van der Waals surface area contributed by atoms with Gasteiger partial charge in [-0.25, -0.2) is 9.37 Å². The van der Waals surface area contributed by atoms with E-state index in [1.54, 1.807) is 12.1 Å². The molecular weight excluding hydrogens is 370 g/mol. The minimum Gasteiger partial charge on any atom is -0.356 e. The lowest BCUT2D eigenvalue weighted by Crippen LogP contribution is -2.47. The van der Waals surface area contributed by atoms with Gasteiger partial charge in [-0.2, -0.15) is 13.2 Å². The minimum atomic E-state index is -4.44. The van der Waals surface area contributed by atoms with Crippen LogP contribution in [0.4, 0.5) is 23.4 Å². The number of pyridine rings is 1. The molecule has 2 aliphatic rings. The summed E-state index contributed by atoms with van der Waals surface area (Å²) in [5.74, 6) is 0.867. The summed E-state index contributed by atoms with van der Waals surface area (Å²) < 4.78 is 52.4. The normalized spacial score (nSPS) is 27.2. The molecule has 1 saturated carbocycles. The Morgan fingerprint density at radius 2 is 1.96 bits per heavy atom. The lowest BCUT2D eigenvalue weighted by molar-refractivity contribution is -0.141. The van der Waals surface area contributed by atoms with Gasteiger partial charge in [-0.3, -0.25) is 0 Å². The van der Waals surface area contributed by atoms with Crippen LogP contribution in [0, 0.1) is 17.7 Å². The van der Waals surface area contributed by atoms with Crippen molar-refractivity contribution in [2.75, 3.05) is 18.0 Å². The van der Waals surface area contributed by atoms with Crippen LogP contribution >= 0.6 is 0 Å². The molecule has 150 valence electrons. The molecule has 3 atom stereocenters. The largest absolute Gasteiger partial charge is 0.433 e. The molecule has 4 rings (SSSR count). The number of halogens is 4. The number of nitrogens with zero attached hydrogens (tertiary/aromatic N) is 2. The van der Waals surface area contributed by atoms with Crippen LogP contribution < -0.4 is 10.2 Å². The van der Waals surface area contributed by atoms with E-state index in [2.05, 4.69) is 17.2 Å². The topological polar surface area (TPSA) is 28.2 Å². The fourth-order valence-corrected chi connectivity index (χ4v) is 4.67. The Kier molecular flexibility index (Phi) is 4.81. The van der Waals surface area contributed by atoms with Crippen molar-refractivity contribution in [2.45, 2.75) is 38.0 Å². The fourth-order valence-electron chi connectivity index (χ4n) is 4.67. The van der Waals surface area contributed by atoms with Crippen molar-refractivity contribution >= 4 is 5.82 Å². The molecule has 2 heterocycles. The molecule has 0 spiro atoms. The van der Waals surface area contributed by atoms with Crippen molar-refractivity contribution in [3.05, 3.63) is 59.5 Å². The Morgan fingerprint density at radius 1 is 1.18 bits per heavy atom. The SMILES string of the molecule is C[C@@]1(NCc2cccc(F)c2)CC[C@@H]2CN(c3cccc(C(F)(F)F)n3)C[C@@H]21. The van der Waals surface area contributed by atoms with Gasteiger partial charge in [0.1, 0.15) is 17.3 Å². The van der Waals surface area contributed by atoms with E-state index in [-0.39, 0.29) is 11.4 Å². The first-order valence-corrected chi connectivity index (χ1v) is 9.53. The molecule has 2 fully saturated rings. The maximum absolute atomic E-state index is 13.4. The average molecular weight is 393 g/mol. The molecule has 1 aromatic heterocycles. The first-order valence-electron chi connectivity index (χ1n) is 9.53. The summed E-state index contributed by atoms with van der Waals surface area (Å²) in [6, 6.07) is 10.6. The third-order valence-electron chi connectivity index (χ3n) is 6.23. The minimum absolute atomic E-state index is 0.132. The summed E-state index contributed by atoms with van der Waals surface area (Å²) in [5.41, 5.74) is -0.0963. The summed E-state index contributed by atoms with van der Waals surface area (Å²) in [6.45, 7) is 4.13. The molecule has 7 heteroatoms. The summed E-state index contributed by atoms with van der Waals surface area (Å²) in [7, 11) is 0. The Hall–Kier alpha value is -2.15. The Bertz CT molecular complexity index is 854. The second-order valence-corrected chi connectivity index (χ2v) is 8.09. The van der Waals surface area contributed by atoms with Crippen LogP contribution in [0.1, 0.15) is 31.0 Å². The fraction of sp³-hybridized carbons (Fsp3) is 0.476. The molecule has 1 aliphatic heterocycles. The zero-order valence-corrected chi connectivity index (χ0v) is 15.6. The molecule has 1 aliphatic carbocycles. The van der Waals surface area contributed by atoms with Crippen LogP contribution in [0.3, 0.4) is 0 Å². The van der Waals surface area contributed by atoms with E-state index in [0.717, 1.165) is 31.0 Å². The lowest BCUT2D eigenvalue weighted by atomic mass is 9.86. The number of alkyl halides is 3. The predicted octanol–water partition coefficient (Wildman–Crippen LogP) is 4.63. The van der Waals surface area contributed by atoms with Gasteiger partial charge in [0.25, 0.3) is 0 Å². The van der Waals surface area contributed by atoms with Crippen molar-refractivity contribution in [3.63, 3.8) is 0 Å². The van der Waals surface area contributed by atoms with Gasteiger partial charge >= 0.3 is 6.18 Å². The van der Waals surface area contributed by atoms with Crippen molar-refractivity contribution in [1.29, 1.82) is 0 Å². The van der Waals surface area contributed by atoms with E-state index in [1.165, 1.54) is 18.2 Å². The highest BCUT2D eigenvalue weighted by Crippen LogP contribution is 2.46. The van der Waals surface area contributed by atoms with Gasteiger partial charge in [0.05, 0.1) is 0 Å². The number of hydrogen-bond acceptors (Lipinski definition) is 3. The van der Waals surface area contributed by atoms with E-state index in [0.29, 0.717) is 30.7 Å². The zero-order valence-electron chi connectivity index (χ0n) is 15.6. The maximum atomic E-state index is 13.4. The van der Waals surface area contributed by atoms with E-state index >= 15 is 0 Å². The van der Waals surface area contributed by atoms with Crippen LogP contribution in [-0.4, -0.2) is 23.6 Å². The molecule has 1 aromatic carbocycles. The Labute approximate surface area is 161 Å². The first kappa shape index (κ1) is 19.2. The molecule has 0 unspecified atom stereocenters. The molecule has 28 heavy (non-hydrogen) atoms. The number of benzene rings is 1. The van der Waals surface area contributed by atoms with Gasteiger partial charge in [0, 0.05) is 25.2 Å². The predicted molar refractivity (Wildman–Crippen MR) is 99.3 cm³/mol. The number of hydrogen-bond donors (Lipinski definition) is 1. The highest BCUT2D eigenvalue weighted by molar-refractivity contribution is 5.42. The molecule has 3 nitrogen and oxygen atoms in total. The molecule has 0 amide bonds. The van der Waals surface area contributed by atoms with Crippen LogP contribution in [0.15, 0.2) is 42.5 Å². The summed E-state index contributed by atoms with van der Waals surface area (Å²) in [6.07, 6.45) is -2.42. The second-order valence-electron chi connectivity index (χ2n) is 8.09. The lowest BCUT2D eigenvalue weighted by Gasteiger charge is -2.33. The van der Waals surface area contributed by atoms with E-state index in [9.17, 15) is 17.6 Å². The molecule has 1 N–H and O–H groups in total. The Morgan fingerprint density at radius 3 is 2.71 bits per heavy atom. The van der Waals surface area contributed by atoms with Gasteiger partial charge in [-0.05, 0) is 61.4 Å². The monoisotopic (exact) mass is 393 g/mol. The average Bonchev–Trinajstić information content (AvgIpc) is 3.21. The van der Waals surface area contributed by atoms with E-state index in [4.69, 9.17) is 0 Å². The number of rotatable bonds is 4. The van der Waals surface area contributed by atoms with E-state index in [1.807, 2.05) is 11.0 Å². The van der Waals surface area contributed by atoms with Crippen molar-refractivity contribution in [3.8, 4) is 0 Å². The Balaban J connectivity index is 1.46. The van der Waals surface area contributed by atoms with Gasteiger partial charge in [0.15, 0.2) is 0 Å². The van der Waals surface area contributed by atoms with Gasteiger partial charge in [-0.15, -0.1) is 0 Å². The molecule has 1 saturated heterocycles. The van der Waals surface area contributed by atoms with Crippen molar-refractivity contribution in [2.24, 2.45) is 11.8 Å². The van der Waals surface area contributed by atoms with Crippen molar-refractivity contribution < 1.29 is 17.6 Å². The highest BCUT2D eigenvalue weighted by atomic mass is 19.4. The van der Waals surface area contributed by atoms with Gasteiger partial charge < -0.3 is 10.2 Å². The summed E-state index contributed by atoms with van der Waals surface area (Å²) >= 11 is 0. The molecule has 0 bridgehead atoms. The number of aromatic nitrogens is 1. The number of anilines is 1. The molecular formula is C21H23F4N3. The second kappa shape index (κ2) is 7.03. The van der Waals surface area contributed by atoms with Gasteiger partial charge in [0.2, 0.25) is 0 Å². The van der Waals surface area contributed by atoms with Crippen LogP contribution in [-0.2, 0) is 12.7 Å². The third-order valence-corrected chi connectivity index (χ3v) is 6.23. The van der Waals surface area contributed by atoms with Crippen LogP contribution in [0.2, 0.25) is 0 Å². The van der Waals surface area contributed by atoms with E-state index < -0.39 is 11.9 Å². The molecule has 0 radical (unpaired) electrons. The highest BCUT2D eigenvalue weighted by Gasteiger charge is 2.49. The quantitative estimate of drug-likeness (QED) is 0.768. The molecule has 2 aromatic rings. The smallest absolute Gasteiger partial charge is 0.356 e. The third kappa shape index (κ3) is 3.72. The first-order chi connectivity index (χ1) is 13.2. The summed E-state index contributed by atoms with van der Waals surface area (Å²) in [5, 5.41) is 3.59. The van der Waals surface area contributed by atoms with Crippen LogP contribution in [0.5, 0.6) is 0 Å². The number of nitrogens with one attached hydrogen (secondary N) is 1. The van der Waals surface area contributed by atoms with Crippen molar-refractivity contribution in [1.82, 2.24) is 10.3 Å². The van der Waals surface area contributed by atoms with Gasteiger partial charge in [-0.1, -0.05) is 18.2 Å². The summed E-state index contributed by atoms with van der Waals surface area (Å²) in [4.78, 5) is 5.81. The standard InChI is InChI=1S/C21H23F4N3/c1-20(26-11-14-4-2-5-16(22)10-14)9-8-15-12-28(13-17(15)20)19-7-3-6-18(27-19)21(23,24)25/h2-7,10,15,17,26H,8-9,11-13H2,1H3/t15-,17+,20-/m1/s1. The maximum Gasteiger partial charge on any atom is 0.433 e. The van der Waals surface area contributed by atoms with Crippen LogP contribution in [0.25, 0.3) is 0 Å². The zero-order chi connectivity index (χ0) is 19.9.